The molecule has 0 spiro atoms. The molecule has 1 aliphatic rings. The Labute approximate surface area is 88.5 Å². The molecule has 1 aliphatic heterocycles. The van der Waals surface area contributed by atoms with Crippen LogP contribution in [0.1, 0.15) is 18.0 Å². The van der Waals surface area contributed by atoms with Crippen molar-refractivity contribution in [2.45, 2.75) is 12.5 Å². The van der Waals surface area contributed by atoms with E-state index in [1.54, 1.807) is 12.1 Å². The van der Waals surface area contributed by atoms with Crippen molar-refractivity contribution in [3.8, 4) is 5.75 Å². The summed E-state index contributed by atoms with van der Waals surface area (Å²) < 4.78 is 0. The van der Waals surface area contributed by atoms with Crippen molar-refractivity contribution < 1.29 is 9.90 Å². The third kappa shape index (κ3) is 2.25. The molecule has 1 heterocycles. The molecular weight excluding hydrogens is 202 g/mol. The Morgan fingerprint density at radius 2 is 1.93 bits per heavy atom. The van der Waals surface area contributed by atoms with Gasteiger partial charge in [-0.2, -0.15) is 0 Å². The average Bonchev–Trinajstić information content (AvgIpc) is 2.53. The fourth-order valence-corrected chi connectivity index (χ4v) is 1.55. The van der Waals surface area contributed by atoms with Crippen molar-refractivity contribution in [3.63, 3.8) is 0 Å². The van der Waals surface area contributed by atoms with Crippen LogP contribution in [0.2, 0.25) is 0 Å². The standard InChI is InChI=1S/C10H11NO2.ClH/c12-8-3-1-7(2-4-8)10-5-9(13)6-11-10;/h1-4,10-12H,5-6H2;1H. The lowest BCUT2D eigenvalue weighted by Gasteiger charge is -2.08. The molecule has 3 nitrogen and oxygen atoms in total. The van der Waals surface area contributed by atoms with E-state index in [1.807, 2.05) is 12.1 Å². The molecule has 1 aromatic rings. The second-order valence-electron chi connectivity index (χ2n) is 3.27. The van der Waals surface area contributed by atoms with Crippen LogP contribution in [0.4, 0.5) is 0 Å². The maximum Gasteiger partial charge on any atom is 0.148 e. The summed E-state index contributed by atoms with van der Waals surface area (Å²) in [7, 11) is 0. The van der Waals surface area contributed by atoms with Crippen molar-refractivity contribution >= 4 is 18.2 Å². The van der Waals surface area contributed by atoms with E-state index < -0.39 is 0 Å². The van der Waals surface area contributed by atoms with Crippen molar-refractivity contribution in [1.82, 2.24) is 5.32 Å². The predicted molar refractivity (Wildman–Crippen MR) is 55.7 cm³/mol. The molecule has 76 valence electrons. The lowest BCUT2D eigenvalue weighted by Crippen LogP contribution is -2.13. The van der Waals surface area contributed by atoms with Crippen LogP contribution in [-0.4, -0.2) is 17.4 Å². The molecule has 14 heavy (non-hydrogen) atoms. The van der Waals surface area contributed by atoms with Gasteiger partial charge in [-0.25, -0.2) is 0 Å². The first-order chi connectivity index (χ1) is 6.25. The molecule has 0 aliphatic carbocycles. The van der Waals surface area contributed by atoms with Crippen LogP contribution in [0.3, 0.4) is 0 Å². The Morgan fingerprint density at radius 3 is 2.43 bits per heavy atom. The number of halogens is 1. The van der Waals surface area contributed by atoms with E-state index in [-0.39, 0.29) is 30.0 Å². The number of aromatic hydroxyl groups is 1. The molecule has 0 bridgehead atoms. The Hall–Kier alpha value is -1.06. The van der Waals surface area contributed by atoms with E-state index in [2.05, 4.69) is 5.32 Å². The van der Waals surface area contributed by atoms with Gasteiger partial charge in [-0.05, 0) is 17.7 Å². The zero-order chi connectivity index (χ0) is 9.26. The molecule has 1 saturated heterocycles. The SMILES string of the molecule is Cl.O=C1CNC(c2ccc(O)cc2)C1. The van der Waals surface area contributed by atoms with Crippen molar-refractivity contribution in [3.05, 3.63) is 29.8 Å². The number of phenols is 1. The van der Waals surface area contributed by atoms with E-state index in [1.165, 1.54) is 0 Å². The quantitative estimate of drug-likeness (QED) is 0.742. The summed E-state index contributed by atoms with van der Waals surface area (Å²) >= 11 is 0. The first-order valence-corrected chi connectivity index (χ1v) is 4.30. The van der Waals surface area contributed by atoms with Gasteiger partial charge in [0.25, 0.3) is 0 Å². The summed E-state index contributed by atoms with van der Waals surface area (Å²) in [4.78, 5) is 11.0. The van der Waals surface area contributed by atoms with Crippen molar-refractivity contribution in [2.24, 2.45) is 0 Å². The van der Waals surface area contributed by atoms with Gasteiger partial charge in [0.05, 0.1) is 6.54 Å². The summed E-state index contributed by atoms with van der Waals surface area (Å²) in [6.07, 6.45) is 0.560. The van der Waals surface area contributed by atoms with Crippen LogP contribution in [0, 0.1) is 0 Å². The highest BCUT2D eigenvalue weighted by atomic mass is 35.5. The highest BCUT2D eigenvalue weighted by Crippen LogP contribution is 2.22. The zero-order valence-corrected chi connectivity index (χ0v) is 8.38. The molecule has 1 unspecified atom stereocenters. The number of nitrogens with one attached hydrogen (secondary N) is 1. The smallest absolute Gasteiger partial charge is 0.148 e. The second kappa shape index (κ2) is 4.44. The molecule has 0 saturated carbocycles. The number of Topliss-reactive ketones (excluding diaryl/α,β-unsaturated/α-hetero) is 1. The number of phenolic OH excluding ortho intramolecular Hbond substituents is 1. The van der Waals surface area contributed by atoms with Gasteiger partial charge in [0.2, 0.25) is 0 Å². The summed E-state index contributed by atoms with van der Waals surface area (Å²) in [6.45, 7) is 0.464. The molecule has 1 aromatic carbocycles. The number of hydrogen-bond acceptors (Lipinski definition) is 3. The number of carbonyl (C=O) groups excluding carboxylic acids is 1. The molecule has 0 aromatic heterocycles. The summed E-state index contributed by atoms with van der Waals surface area (Å²) in [5, 5.41) is 12.2. The minimum Gasteiger partial charge on any atom is -0.508 e. The second-order valence-corrected chi connectivity index (χ2v) is 3.27. The van der Waals surface area contributed by atoms with Gasteiger partial charge in [-0.3, -0.25) is 4.79 Å². The van der Waals surface area contributed by atoms with Crippen LogP contribution in [0.5, 0.6) is 5.75 Å². The van der Waals surface area contributed by atoms with Crippen LogP contribution in [-0.2, 0) is 4.79 Å². The van der Waals surface area contributed by atoms with Crippen LogP contribution in [0.15, 0.2) is 24.3 Å². The Balaban J connectivity index is 0.000000980. The van der Waals surface area contributed by atoms with E-state index >= 15 is 0 Å². The van der Waals surface area contributed by atoms with Crippen LogP contribution in [0.25, 0.3) is 0 Å². The van der Waals surface area contributed by atoms with Gasteiger partial charge in [0.15, 0.2) is 0 Å². The van der Waals surface area contributed by atoms with Gasteiger partial charge >= 0.3 is 0 Å². The van der Waals surface area contributed by atoms with Gasteiger partial charge < -0.3 is 10.4 Å². The summed E-state index contributed by atoms with van der Waals surface area (Å²) in [6, 6.07) is 7.09. The minimum absolute atomic E-state index is 0. The highest BCUT2D eigenvalue weighted by molar-refractivity contribution is 5.85. The number of ketones is 1. The molecule has 1 atom stereocenters. The maximum atomic E-state index is 11.0. The first kappa shape index (κ1) is 11.0. The lowest BCUT2D eigenvalue weighted by atomic mass is 10.1. The Kier molecular flexibility index (Phi) is 3.49. The Bertz CT molecular complexity index is 323. The number of hydrogen-bond donors (Lipinski definition) is 2. The van der Waals surface area contributed by atoms with Crippen LogP contribution >= 0.6 is 12.4 Å². The number of carbonyl (C=O) groups is 1. The highest BCUT2D eigenvalue weighted by Gasteiger charge is 2.22. The zero-order valence-electron chi connectivity index (χ0n) is 7.56. The summed E-state index contributed by atoms with van der Waals surface area (Å²) in [5.74, 6) is 0.506. The van der Waals surface area contributed by atoms with E-state index in [4.69, 9.17) is 5.11 Å². The third-order valence-electron chi connectivity index (χ3n) is 2.27. The van der Waals surface area contributed by atoms with Gasteiger partial charge in [-0.1, -0.05) is 12.1 Å². The normalized spacial score (nSPS) is 20.6. The lowest BCUT2D eigenvalue weighted by molar-refractivity contribution is -0.116. The molecule has 4 heteroatoms. The number of rotatable bonds is 1. The minimum atomic E-state index is 0. The van der Waals surface area contributed by atoms with Gasteiger partial charge in [0.1, 0.15) is 11.5 Å². The fourth-order valence-electron chi connectivity index (χ4n) is 1.55. The van der Waals surface area contributed by atoms with E-state index in [0.717, 1.165) is 5.56 Å². The predicted octanol–water partition coefficient (Wildman–Crippen LogP) is 1.42. The van der Waals surface area contributed by atoms with Crippen LogP contribution < -0.4 is 5.32 Å². The Morgan fingerprint density at radius 1 is 1.29 bits per heavy atom. The molecule has 0 amide bonds. The van der Waals surface area contributed by atoms with Crippen molar-refractivity contribution in [1.29, 1.82) is 0 Å². The maximum absolute atomic E-state index is 11.0. The first-order valence-electron chi connectivity index (χ1n) is 4.30. The van der Waals surface area contributed by atoms with Crippen molar-refractivity contribution in [2.75, 3.05) is 6.54 Å². The molecule has 2 rings (SSSR count). The fraction of sp³-hybridized carbons (Fsp3) is 0.300. The largest absolute Gasteiger partial charge is 0.508 e. The third-order valence-corrected chi connectivity index (χ3v) is 2.27. The molecule has 2 N–H and O–H groups in total. The monoisotopic (exact) mass is 213 g/mol. The van der Waals surface area contributed by atoms with Gasteiger partial charge in [0, 0.05) is 12.5 Å². The number of benzene rings is 1. The topological polar surface area (TPSA) is 49.3 Å². The van der Waals surface area contributed by atoms with Gasteiger partial charge in [-0.15, -0.1) is 12.4 Å². The molecular formula is C10H12ClNO2. The average molecular weight is 214 g/mol. The summed E-state index contributed by atoms with van der Waals surface area (Å²) in [5.41, 5.74) is 1.06. The van der Waals surface area contributed by atoms with E-state index in [9.17, 15) is 4.79 Å². The molecule has 0 radical (unpaired) electrons. The van der Waals surface area contributed by atoms with E-state index in [0.29, 0.717) is 13.0 Å². The molecule has 1 fully saturated rings.